The molecule has 2 aliphatic carbocycles. The van der Waals surface area contributed by atoms with Gasteiger partial charge in [-0.15, -0.1) is 0 Å². The van der Waals surface area contributed by atoms with Crippen LogP contribution >= 0.6 is 0 Å². The fraction of sp³-hybridized carbons (Fsp3) is 0.577. The molecule has 7 nitrogen and oxygen atoms in total. The number of hydrogen-bond donors (Lipinski definition) is 2. The first-order chi connectivity index (χ1) is 16.2. The molecule has 0 radical (unpaired) electrons. The van der Waals surface area contributed by atoms with Crippen LogP contribution in [0.2, 0.25) is 0 Å². The molecular weight excluding hydrogens is 416 g/mol. The first kappa shape index (κ1) is 22.1. The van der Waals surface area contributed by atoms with Crippen molar-refractivity contribution in [2.75, 3.05) is 23.4 Å². The number of benzene rings is 1. The number of rotatable bonds is 6. The summed E-state index contributed by atoms with van der Waals surface area (Å²) in [5, 5.41) is 13.2. The second kappa shape index (κ2) is 10.1. The fourth-order valence-corrected chi connectivity index (χ4v) is 5.36. The zero-order chi connectivity index (χ0) is 22.6. The molecule has 3 aliphatic rings. The van der Waals surface area contributed by atoms with Gasteiger partial charge in [0.2, 0.25) is 5.95 Å². The van der Waals surface area contributed by atoms with Crippen LogP contribution in [0.25, 0.3) is 0 Å². The summed E-state index contributed by atoms with van der Waals surface area (Å²) in [7, 11) is 0. The topological polar surface area (TPSA) is 87.6 Å². The van der Waals surface area contributed by atoms with Gasteiger partial charge in [-0.3, -0.25) is 9.69 Å². The second-order valence-electron chi connectivity index (χ2n) is 9.73. The molecule has 0 bridgehead atoms. The van der Waals surface area contributed by atoms with E-state index < -0.39 is 0 Å². The molecule has 33 heavy (non-hydrogen) atoms. The molecule has 176 valence electrons. The molecule has 2 aromatic rings. The van der Waals surface area contributed by atoms with Crippen LogP contribution in [0.4, 0.5) is 11.8 Å². The van der Waals surface area contributed by atoms with Crippen molar-refractivity contribution in [3.63, 3.8) is 0 Å². The first-order valence-corrected chi connectivity index (χ1v) is 12.5. The second-order valence-corrected chi connectivity index (χ2v) is 9.73. The Morgan fingerprint density at radius 1 is 1.09 bits per heavy atom. The van der Waals surface area contributed by atoms with Crippen molar-refractivity contribution in [1.82, 2.24) is 9.97 Å². The molecule has 5 rings (SSSR count). The lowest BCUT2D eigenvalue weighted by atomic mass is 9.89. The summed E-state index contributed by atoms with van der Waals surface area (Å²) in [6.07, 6.45) is 11.8. The molecule has 2 saturated carbocycles. The van der Waals surface area contributed by atoms with Crippen molar-refractivity contribution in [1.29, 1.82) is 0 Å². The molecule has 2 N–H and O–H groups in total. The number of aliphatic hydroxyl groups excluding tert-OH is 1. The van der Waals surface area contributed by atoms with E-state index >= 15 is 0 Å². The Kier molecular flexibility index (Phi) is 6.76. The number of carbonyl (C=O) groups excluding carboxylic acids is 1. The van der Waals surface area contributed by atoms with Crippen LogP contribution in [0.1, 0.15) is 73.7 Å². The van der Waals surface area contributed by atoms with Gasteiger partial charge in [0.25, 0.3) is 5.91 Å². The Hall–Kier alpha value is -2.67. The number of nitrogens with one attached hydrogen (secondary N) is 1. The molecule has 0 saturated heterocycles. The van der Waals surface area contributed by atoms with Gasteiger partial charge in [0.05, 0.1) is 12.7 Å². The third-order valence-electron chi connectivity index (χ3n) is 7.29. The average molecular weight is 451 g/mol. The van der Waals surface area contributed by atoms with Crippen LogP contribution in [0.5, 0.6) is 5.75 Å². The van der Waals surface area contributed by atoms with E-state index in [1.54, 1.807) is 6.20 Å². The fourth-order valence-electron chi connectivity index (χ4n) is 5.36. The number of carbonyl (C=O) groups is 1. The van der Waals surface area contributed by atoms with E-state index in [0.29, 0.717) is 36.4 Å². The minimum Gasteiger partial charge on any atom is -0.493 e. The third-order valence-corrected chi connectivity index (χ3v) is 7.29. The van der Waals surface area contributed by atoms with Gasteiger partial charge in [-0.05, 0) is 74.3 Å². The molecule has 2 heterocycles. The number of ether oxygens (including phenoxy) is 1. The number of nitrogens with zero attached hydrogens (tertiary/aromatic N) is 3. The zero-order valence-corrected chi connectivity index (χ0v) is 19.2. The summed E-state index contributed by atoms with van der Waals surface area (Å²) in [5.41, 5.74) is 1.78. The SMILES string of the molecule is O=C(c1ccc2c(c1)CCO2)N(CC1CCCCC1)c1ccnc(NC2CCC(O)CC2)n1. The molecule has 1 aliphatic heterocycles. The minimum atomic E-state index is -0.198. The summed E-state index contributed by atoms with van der Waals surface area (Å²) < 4.78 is 5.62. The van der Waals surface area contributed by atoms with E-state index in [1.165, 1.54) is 19.3 Å². The van der Waals surface area contributed by atoms with E-state index in [4.69, 9.17) is 9.72 Å². The van der Waals surface area contributed by atoms with Gasteiger partial charge in [-0.2, -0.15) is 4.98 Å². The van der Waals surface area contributed by atoms with Crippen molar-refractivity contribution in [2.24, 2.45) is 5.92 Å². The van der Waals surface area contributed by atoms with Crippen molar-refractivity contribution < 1.29 is 14.6 Å². The lowest BCUT2D eigenvalue weighted by Crippen LogP contribution is -2.37. The Labute approximate surface area is 195 Å². The Balaban J connectivity index is 1.38. The van der Waals surface area contributed by atoms with Gasteiger partial charge in [0, 0.05) is 30.8 Å². The van der Waals surface area contributed by atoms with Crippen LogP contribution in [0.3, 0.4) is 0 Å². The summed E-state index contributed by atoms with van der Waals surface area (Å²) in [6.45, 7) is 1.36. The van der Waals surface area contributed by atoms with E-state index in [2.05, 4.69) is 10.3 Å². The first-order valence-electron chi connectivity index (χ1n) is 12.5. The molecule has 1 amide bonds. The lowest BCUT2D eigenvalue weighted by molar-refractivity contribution is 0.0979. The maximum Gasteiger partial charge on any atom is 0.259 e. The van der Waals surface area contributed by atoms with Crippen molar-refractivity contribution in [2.45, 2.75) is 76.4 Å². The molecule has 1 aromatic heterocycles. The van der Waals surface area contributed by atoms with E-state index in [0.717, 1.165) is 56.3 Å². The predicted octanol–water partition coefficient (Wildman–Crippen LogP) is 4.35. The molecule has 1 aromatic carbocycles. The predicted molar refractivity (Wildman–Crippen MR) is 128 cm³/mol. The van der Waals surface area contributed by atoms with E-state index in [1.807, 2.05) is 29.2 Å². The smallest absolute Gasteiger partial charge is 0.259 e. The summed E-state index contributed by atoms with van der Waals surface area (Å²) in [6, 6.07) is 7.86. The molecule has 0 unspecified atom stereocenters. The highest BCUT2D eigenvalue weighted by molar-refractivity contribution is 6.05. The highest BCUT2D eigenvalue weighted by Crippen LogP contribution is 2.30. The summed E-state index contributed by atoms with van der Waals surface area (Å²) in [4.78, 5) is 24.8. The Morgan fingerprint density at radius 3 is 2.73 bits per heavy atom. The lowest BCUT2D eigenvalue weighted by Gasteiger charge is -2.30. The molecule has 2 fully saturated rings. The quantitative estimate of drug-likeness (QED) is 0.680. The Morgan fingerprint density at radius 2 is 1.91 bits per heavy atom. The van der Waals surface area contributed by atoms with Gasteiger partial charge in [-0.25, -0.2) is 4.98 Å². The largest absolute Gasteiger partial charge is 0.493 e. The van der Waals surface area contributed by atoms with Gasteiger partial charge < -0.3 is 15.2 Å². The number of aromatic nitrogens is 2. The molecule has 0 atom stereocenters. The summed E-state index contributed by atoms with van der Waals surface area (Å²) in [5.74, 6) is 2.57. The maximum absolute atomic E-state index is 13.7. The number of anilines is 2. The van der Waals surface area contributed by atoms with Gasteiger partial charge in [0.15, 0.2) is 0 Å². The standard InChI is InChI=1S/C26H34N4O3/c31-22-9-7-21(8-10-22)28-26-27-14-12-24(29-26)30(17-18-4-2-1-3-5-18)25(32)20-6-11-23-19(16-20)13-15-33-23/h6,11-12,14,16,18,21-22,31H,1-5,7-10,13,15,17H2,(H,27,28,29). The van der Waals surface area contributed by atoms with Crippen molar-refractivity contribution in [3.8, 4) is 5.75 Å². The van der Waals surface area contributed by atoms with E-state index in [-0.39, 0.29) is 18.1 Å². The maximum atomic E-state index is 13.7. The molecule has 7 heteroatoms. The number of amides is 1. The molecule has 0 spiro atoms. The van der Waals surface area contributed by atoms with Gasteiger partial charge in [-0.1, -0.05) is 19.3 Å². The van der Waals surface area contributed by atoms with Crippen LogP contribution in [-0.4, -0.2) is 46.3 Å². The third kappa shape index (κ3) is 5.29. The Bertz CT molecular complexity index is 968. The van der Waals surface area contributed by atoms with Crippen LogP contribution in [0.15, 0.2) is 30.5 Å². The van der Waals surface area contributed by atoms with E-state index in [9.17, 15) is 9.90 Å². The number of fused-ring (bicyclic) bond motifs is 1. The number of aliphatic hydroxyl groups is 1. The van der Waals surface area contributed by atoms with Gasteiger partial charge >= 0.3 is 0 Å². The number of hydrogen-bond acceptors (Lipinski definition) is 6. The minimum absolute atomic E-state index is 0.0132. The summed E-state index contributed by atoms with van der Waals surface area (Å²) >= 11 is 0. The normalized spacial score (nSPS) is 22.9. The average Bonchev–Trinajstić information content (AvgIpc) is 3.32. The monoisotopic (exact) mass is 450 g/mol. The van der Waals surface area contributed by atoms with Crippen LogP contribution < -0.4 is 15.0 Å². The van der Waals surface area contributed by atoms with Crippen LogP contribution in [0, 0.1) is 5.92 Å². The highest BCUT2D eigenvalue weighted by Gasteiger charge is 2.26. The highest BCUT2D eigenvalue weighted by atomic mass is 16.5. The van der Waals surface area contributed by atoms with Crippen molar-refractivity contribution >= 4 is 17.7 Å². The van der Waals surface area contributed by atoms with Gasteiger partial charge in [0.1, 0.15) is 11.6 Å². The molecular formula is C26H34N4O3. The van der Waals surface area contributed by atoms with Crippen LogP contribution in [-0.2, 0) is 6.42 Å². The zero-order valence-electron chi connectivity index (χ0n) is 19.2. The van der Waals surface area contributed by atoms with Crippen molar-refractivity contribution in [3.05, 3.63) is 41.6 Å².